The lowest BCUT2D eigenvalue weighted by atomic mass is 10.1. The molecule has 0 radical (unpaired) electrons. The van der Waals surface area contributed by atoms with Crippen LogP contribution in [0, 0.1) is 5.92 Å². The van der Waals surface area contributed by atoms with Gasteiger partial charge >= 0.3 is 0 Å². The van der Waals surface area contributed by atoms with Crippen molar-refractivity contribution in [1.82, 2.24) is 15.1 Å². The quantitative estimate of drug-likeness (QED) is 0.899. The first-order valence-corrected chi connectivity index (χ1v) is 7.30. The molecule has 1 amide bonds. The Bertz CT molecular complexity index is 592. The molecule has 1 aliphatic carbocycles. The van der Waals surface area contributed by atoms with Gasteiger partial charge in [-0.3, -0.25) is 4.79 Å². The second kappa shape index (κ2) is 6.10. The van der Waals surface area contributed by atoms with E-state index >= 15 is 0 Å². The molecule has 1 saturated carbocycles. The van der Waals surface area contributed by atoms with Crippen molar-refractivity contribution in [2.75, 3.05) is 6.54 Å². The summed E-state index contributed by atoms with van der Waals surface area (Å²) in [4.78, 5) is 12.1. The fraction of sp³-hybridized carbons (Fsp3) is 0.375. The maximum Gasteiger partial charge on any atom is 0.251 e. The Kier molecular flexibility index (Phi) is 4.01. The molecule has 1 fully saturated rings. The Morgan fingerprint density at radius 2 is 2.14 bits per heavy atom. The minimum atomic E-state index is -0.271. The summed E-state index contributed by atoms with van der Waals surface area (Å²) < 4.78 is 1.75. The zero-order valence-electron chi connectivity index (χ0n) is 11.8. The molecule has 2 atom stereocenters. The van der Waals surface area contributed by atoms with Crippen molar-refractivity contribution >= 4 is 5.91 Å². The van der Waals surface area contributed by atoms with Crippen LogP contribution in [0.1, 0.15) is 29.6 Å². The minimum absolute atomic E-state index is 0.0962. The first kappa shape index (κ1) is 13.8. The molecule has 0 saturated heterocycles. The molecular formula is C16H19N3O2. The highest BCUT2D eigenvalue weighted by Crippen LogP contribution is 2.24. The summed E-state index contributed by atoms with van der Waals surface area (Å²) in [6.07, 6.45) is 6.18. The number of aliphatic hydroxyl groups excluding tert-OH is 1. The van der Waals surface area contributed by atoms with Gasteiger partial charge in [0.25, 0.3) is 5.91 Å². The van der Waals surface area contributed by atoms with Crippen molar-refractivity contribution in [3.63, 3.8) is 0 Å². The number of nitrogens with one attached hydrogen (secondary N) is 1. The standard InChI is InChI=1S/C16H19N3O2/c20-15-4-1-3-13(15)11-17-16(21)12-5-7-14(8-6-12)19-10-2-9-18-19/h2,5-10,13,15,20H,1,3-4,11H2,(H,17,21). The maximum atomic E-state index is 12.1. The van der Waals surface area contributed by atoms with Gasteiger partial charge in [-0.15, -0.1) is 0 Å². The van der Waals surface area contributed by atoms with Gasteiger partial charge in [0, 0.05) is 30.4 Å². The molecule has 2 unspecified atom stereocenters. The lowest BCUT2D eigenvalue weighted by molar-refractivity contribution is 0.0917. The molecule has 1 heterocycles. The molecule has 0 aliphatic heterocycles. The average Bonchev–Trinajstić information content (AvgIpc) is 3.17. The minimum Gasteiger partial charge on any atom is -0.393 e. The highest BCUT2D eigenvalue weighted by atomic mass is 16.3. The van der Waals surface area contributed by atoms with E-state index in [0.29, 0.717) is 12.1 Å². The van der Waals surface area contributed by atoms with Gasteiger partial charge in [0.2, 0.25) is 0 Å². The summed E-state index contributed by atoms with van der Waals surface area (Å²) in [7, 11) is 0. The number of carbonyl (C=O) groups is 1. The van der Waals surface area contributed by atoms with E-state index in [1.54, 1.807) is 23.0 Å². The van der Waals surface area contributed by atoms with Gasteiger partial charge in [-0.1, -0.05) is 6.42 Å². The third-order valence-electron chi connectivity index (χ3n) is 4.04. The van der Waals surface area contributed by atoms with E-state index in [1.807, 2.05) is 24.4 Å². The molecule has 1 aromatic carbocycles. The summed E-state index contributed by atoms with van der Waals surface area (Å²) in [6, 6.07) is 9.17. The van der Waals surface area contributed by atoms with Crippen molar-refractivity contribution in [1.29, 1.82) is 0 Å². The first-order chi connectivity index (χ1) is 10.2. The van der Waals surface area contributed by atoms with Crippen LogP contribution in [0.3, 0.4) is 0 Å². The van der Waals surface area contributed by atoms with Crippen molar-refractivity contribution in [3.05, 3.63) is 48.3 Å². The molecule has 5 heteroatoms. The fourth-order valence-corrected chi connectivity index (χ4v) is 2.77. The lowest BCUT2D eigenvalue weighted by Crippen LogP contribution is -2.32. The summed E-state index contributed by atoms with van der Waals surface area (Å²) >= 11 is 0. The lowest BCUT2D eigenvalue weighted by Gasteiger charge is -2.15. The van der Waals surface area contributed by atoms with Crippen LogP contribution < -0.4 is 5.32 Å². The van der Waals surface area contributed by atoms with Gasteiger partial charge in [0.05, 0.1) is 11.8 Å². The third-order valence-corrected chi connectivity index (χ3v) is 4.04. The number of rotatable bonds is 4. The Morgan fingerprint density at radius 3 is 2.76 bits per heavy atom. The molecular weight excluding hydrogens is 266 g/mol. The molecule has 2 N–H and O–H groups in total. The van der Waals surface area contributed by atoms with E-state index in [0.717, 1.165) is 24.9 Å². The van der Waals surface area contributed by atoms with E-state index in [-0.39, 0.29) is 17.9 Å². The van der Waals surface area contributed by atoms with E-state index < -0.39 is 0 Å². The van der Waals surface area contributed by atoms with Crippen LogP contribution >= 0.6 is 0 Å². The number of amides is 1. The van der Waals surface area contributed by atoms with Gasteiger partial charge in [0.1, 0.15) is 0 Å². The van der Waals surface area contributed by atoms with Gasteiger partial charge in [-0.05, 0) is 43.2 Å². The number of hydrogen-bond acceptors (Lipinski definition) is 3. The summed E-state index contributed by atoms with van der Waals surface area (Å²) in [5.41, 5.74) is 1.54. The predicted molar refractivity (Wildman–Crippen MR) is 79.2 cm³/mol. The van der Waals surface area contributed by atoms with E-state index in [2.05, 4.69) is 10.4 Å². The topological polar surface area (TPSA) is 67.2 Å². The van der Waals surface area contributed by atoms with Gasteiger partial charge in [0.15, 0.2) is 0 Å². The Labute approximate surface area is 123 Å². The molecule has 1 aromatic heterocycles. The van der Waals surface area contributed by atoms with E-state index in [1.165, 1.54) is 0 Å². The van der Waals surface area contributed by atoms with Crippen molar-refractivity contribution < 1.29 is 9.90 Å². The maximum absolute atomic E-state index is 12.1. The largest absolute Gasteiger partial charge is 0.393 e. The highest BCUT2D eigenvalue weighted by Gasteiger charge is 2.25. The van der Waals surface area contributed by atoms with Crippen molar-refractivity contribution in [2.24, 2.45) is 5.92 Å². The van der Waals surface area contributed by atoms with E-state index in [9.17, 15) is 9.90 Å². The SMILES string of the molecule is O=C(NCC1CCCC1O)c1ccc(-n2cccn2)cc1. The molecule has 3 rings (SSSR count). The zero-order chi connectivity index (χ0) is 14.7. The summed E-state index contributed by atoms with van der Waals surface area (Å²) in [5.74, 6) is 0.0958. The van der Waals surface area contributed by atoms with Gasteiger partial charge < -0.3 is 10.4 Å². The molecule has 5 nitrogen and oxygen atoms in total. The molecule has 2 aromatic rings. The number of aromatic nitrogens is 2. The number of hydrogen-bond donors (Lipinski definition) is 2. The summed E-state index contributed by atoms with van der Waals surface area (Å²) in [6.45, 7) is 0.543. The predicted octanol–water partition coefficient (Wildman–Crippen LogP) is 1.76. The van der Waals surface area contributed by atoms with Crippen LogP contribution in [0.5, 0.6) is 0 Å². The molecule has 1 aliphatic rings. The van der Waals surface area contributed by atoms with Crippen molar-refractivity contribution in [3.8, 4) is 5.69 Å². The van der Waals surface area contributed by atoms with Crippen LogP contribution in [-0.4, -0.2) is 33.4 Å². The highest BCUT2D eigenvalue weighted by molar-refractivity contribution is 5.94. The Balaban J connectivity index is 1.60. The normalized spacial score (nSPS) is 21.4. The second-order valence-corrected chi connectivity index (χ2v) is 5.47. The molecule has 0 bridgehead atoms. The van der Waals surface area contributed by atoms with Crippen molar-refractivity contribution in [2.45, 2.75) is 25.4 Å². The molecule has 110 valence electrons. The summed E-state index contributed by atoms with van der Waals surface area (Å²) in [5, 5.41) is 16.8. The Morgan fingerprint density at radius 1 is 1.33 bits per heavy atom. The van der Waals surface area contributed by atoms with Crippen LogP contribution in [-0.2, 0) is 0 Å². The monoisotopic (exact) mass is 285 g/mol. The van der Waals surface area contributed by atoms with E-state index in [4.69, 9.17) is 0 Å². The first-order valence-electron chi connectivity index (χ1n) is 7.30. The van der Waals surface area contributed by atoms with Gasteiger partial charge in [-0.25, -0.2) is 4.68 Å². The average molecular weight is 285 g/mol. The fourth-order valence-electron chi connectivity index (χ4n) is 2.77. The Hall–Kier alpha value is -2.14. The number of nitrogens with zero attached hydrogens (tertiary/aromatic N) is 2. The number of benzene rings is 1. The number of carbonyl (C=O) groups excluding carboxylic acids is 1. The van der Waals surface area contributed by atoms with Crippen LogP contribution in [0.25, 0.3) is 5.69 Å². The zero-order valence-corrected chi connectivity index (χ0v) is 11.8. The van der Waals surface area contributed by atoms with Crippen LogP contribution in [0.4, 0.5) is 0 Å². The van der Waals surface area contributed by atoms with Crippen LogP contribution in [0.15, 0.2) is 42.7 Å². The molecule has 0 spiro atoms. The smallest absolute Gasteiger partial charge is 0.251 e. The second-order valence-electron chi connectivity index (χ2n) is 5.47. The number of aliphatic hydroxyl groups is 1. The van der Waals surface area contributed by atoms with Crippen LogP contribution in [0.2, 0.25) is 0 Å². The third kappa shape index (κ3) is 3.13. The molecule has 21 heavy (non-hydrogen) atoms. The van der Waals surface area contributed by atoms with Gasteiger partial charge in [-0.2, -0.15) is 5.10 Å².